The number of piperidine rings is 1. The van der Waals surface area contributed by atoms with Crippen LogP contribution in [0, 0.1) is 11.7 Å². The van der Waals surface area contributed by atoms with Gasteiger partial charge in [0, 0.05) is 29.3 Å². The summed E-state index contributed by atoms with van der Waals surface area (Å²) in [5.41, 5.74) is -0.0102. The molecule has 21 heavy (non-hydrogen) atoms. The maximum absolute atomic E-state index is 13.8. The van der Waals surface area contributed by atoms with Gasteiger partial charge in [-0.15, -0.1) is 0 Å². The molecular weight excluding hydrogens is 385 g/mol. The molecule has 1 unspecified atom stereocenters. The molecule has 2 rings (SSSR count). The van der Waals surface area contributed by atoms with Crippen molar-refractivity contribution in [1.82, 2.24) is 4.90 Å². The number of hydrogen-bond acceptors (Lipinski definition) is 3. The van der Waals surface area contributed by atoms with Crippen LogP contribution in [0.4, 0.5) is 4.39 Å². The Balaban J connectivity index is 2.40. The Bertz CT molecular complexity index is 680. The van der Waals surface area contributed by atoms with E-state index in [1.807, 2.05) is 6.92 Å². The molecule has 1 saturated heterocycles. The van der Waals surface area contributed by atoms with E-state index >= 15 is 0 Å². The second-order valence-electron chi connectivity index (χ2n) is 5.21. The first-order chi connectivity index (χ1) is 9.70. The number of carbonyl (C=O) groups excluding carboxylic acids is 1. The minimum atomic E-state index is -4.14. The topological polar surface area (TPSA) is 54.5 Å². The molecule has 1 aliphatic heterocycles. The molecule has 1 aromatic rings. The number of nitrogens with zero attached hydrogens (tertiary/aromatic N) is 1. The van der Waals surface area contributed by atoms with Crippen LogP contribution in [0.15, 0.2) is 21.5 Å². The van der Waals surface area contributed by atoms with E-state index in [0.29, 0.717) is 19.0 Å². The van der Waals surface area contributed by atoms with Gasteiger partial charge in [-0.2, -0.15) is 0 Å². The third-order valence-electron chi connectivity index (χ3n) is 3.45. The summed E-state index contributed by atoms with van der Waals surface area (Å²) in [6, 6.07) is 2.13. The van der Waals surface area contributed by atoms with Crippen molar-refractivity contribution >= 4 is 41.6 Å². The lowest BCUT2D eigenvalue weighted by Gasteiger charge is -2.31. The lowest BCUT2D eigenvalue weighted by Crippen LogP contribution is -2.39. The Morgan fingerprint density at radius 1 is 1.48 bits per heavy atom. The maximum atomic E-state index is 13.8. The molecule has 1 aromatic carbocycles. The van der Waals surface area contributed by atoms with E-state index in [0.717, 1.165) is 25.0 Å². The Labute approximate surface area is 135 Å². The highest BCUT2D eigenvalue weighted by atomic mass is 79.9. The minimum Gasteiger partial charge on any atom is -0.338 e. The van der Waals surface area contributed by atoms with Gasteiger partial charge in [0.05, 0.1) is 4.47 Å². The van der Waals surface area contributed by atoms with Crippen LogP contribution in [0.3, 0.4) is 0 Å². The fourth-order valence-corrected chi connectivity index (χ4v) is 4.51. The van der Waals surface area contributed by atoms with Crippen LogP contribution in [0.5, 0.6) is 0 Å². The van der Waals surface area contributed by atoms with E-state index in [4.69, 9.17) is 10.7 Å². The number of amides is 1. The molecule has 116 valence electrons. The highest BCUT2D eigenvalue weighted by molar-refractivity contribution is 9.10. The van der Waals surface area contributed by atoms with Crippen LogP contribution in [0.1, 0.15) is 30.1 Å². The van der Waals surface area contributed by atoms with Crippen molar-refractivity contribution in [2.75, 3.05) is 13.1 Å². The molecule has 8 heteroatoms. The van der Waals surface area contributed by atoms with E-state index in [2.05, 4.69) is 15.9 Å². The van der Waals surface area contributed by atoms with Gasteiger partial charge in [0.1, 0.15) is 10.7 Å². The van der Waals surface area contributed by atoms with Gasteiger partial charge in [0.2, 0.25) is 0 Å². The SMILES string of the molecule is CC1CCCN(C(=O)c2cc(F)c(Br)c(S(=O)(=O)Cl)c2)C1. The largest absolute Gasteiger partial charge is 0.338 e. The van der Waals surface area contributed by atoms with Crippen LogP contribution in [-0.2, 0) is 9.05 Å². The van der Waals surface area contributed by atoms with Crippen LogP contribution in [-0.4, -0.2) is 32.3 Å². The zero-order valence-electron chi connectivity index (χ0n) is 11.3. The summed E-state index contributed by atoms with van der Waals surface area (Å²) in [5.74, 6) is -0.834. The molecule has 1 amide bonds. The van der Waals surface area contributed by atoms with Crippen LogP contribution in [0.25, 0.3) is 0 Å². The zero-order chi connectivity index (χ0) is 15.8. The zero-order valence-corrected chi connectivity index (χ0v) is 14.4. The summed E-state index contributed by atoms with van der Waals surface area (Å²) in [7, 11) is 1.13. The number of benzene rings is 1. The van der Waals surface area contributed by atoms with Crippen molar-refractivity contribution < 1.29 is 17.6 Å². The second-order valence-corrected chi connectivity index (χ2v) is 8.53. The van der Waals surface area contributed by atoms with Gasteiger partial charge in [0.25, 0.3) is 15.0 Å². The average molecular weight is 399 g/mol. The van der Waals surface area contributed by atoms with Crippen molar-refractivity contribution in [1.29, 1.82) is 0 Å². The van der Waals surface area contributed by atoms with Crippen LogP contribution in [0.2, 0.25) is 0 Å². The first kappa shape index (κ1) is 16.7. The van der Waals surface area contributed by atoms with Crippen molar-refractivity contribution in [3.05, 3.63) is 28.0 Å². The van der Waals surface area contributed by atoms with Crippen LogP contribution < -0.4 is 0 Å². The molecule has 0 spiro atoms. The Hall–Kier alpha value is -0.660. The molecular formula is C13H14BrClFNO3S. The lowest BCUT2D eigenvalue weighted by molar-refractivity contribution is 0.0682. The van der Waals surface area contributed by atoms with Gasteiger partial charge in [-0.05, 0) is 46.8 Å². The summed E-state index contributed by atoms with van der Waals surface area (Å²) in [6.07, 6.45) is 1.92. The number of hydrogen-bond donors (Lipinski definition) is 0. The van der Waals surface area contributed by atoms with Gasteiger partial charge < -0.3 is 4.90 Å². The van der Waals surface area contributed by atoms with E-state index in [9.17, 15) is 17.6 Å². The molecule has 1 heterocycles. The molecule has 0 aromatic heterocycles. The van der Waals surface area contributed by atoms with Gasteiger partial charge in [-0.3, -0.25) is 4.79 Å². The first-order valence-corrected chi connectivity index (χ1v) is 9.53. The summed E-state index contributed by atoms with van der Waals surface area (Å²) in [6.45, 7) is 3.21. The molecule has 0 bridgehead atoms. The third kappa shape index (κ3) is 3.76. The Kier molecular flexibility index (Phi) is 4.95. The normalized spacial score (nSPS) is 19.6. The molecule has 0 N–H and O–H groups in total. The summed E-state index contributed by atoms with van der Waals surface area (Å²) in [5, 5.41) is 0. The quantitative estimate of drug-likeness (QED) is 0.718. The number of halogens is 3. The molecule has 1 fully saturated rings. The smallest absolute Gasteiger partial charge is 0.262 e. The fourth-order valence-electron chi connectivity index (χ4n) is 2.42. The lowest BCUT2D eigenvalue weighted by atomic mass is 9.99. The predicted molar refractivity (Wildman–Crippen MR) is 81.4 cm³/mol. The average Bonchev–Trinajstić information content (AvgIpc) is 2.39. The summed E-state index contributed by atoms with van der Waals surface area (Å²) < 4.78 is 36.5. The molecule has 1 atom stereocenters. The highest BCUT2D eigenvalue weighted by Gasteiger charge is 2.26. The minimum absolute atomic E-state index is 0.0102. The van der Waals surface area contributed by atoms with E-state index in [-0.39, 0.29) is 15.9 Å². The fraction of sp³-hybridized carbons (Fsp3) is 0.462. The summed E-state index contributed by atoms with van der Waals surface area (Å²) >= 11 is 2.84. The molecule has 0 saturated carbocycles. The number of likely N-dealkylation sites (tertiary alicyclic amines) is 1. The predicted octanol–water partition coefficient (Wildman–Crippen LogP) is 3.39. The van der Waals surface area contributed by atoms with Crippen molar-refractivity contribution in [2.45, 2.75) is 24.7 Å². The maximum Gasteiger partial charge on any atom is 0.262 e. The van der Waals surface area contributed by atoms with E-state index in [1.54, 1.807) is 4.90 Å². The monoisotopic (exact) mass is 397 g/mol. The summed E-state index contributed by atoms with van der Waals surface area (Å²) in [4.78, 5) is 13.6. The first-order valence-electron chi connectivity index (χ1n) is 6.43. The number of rotatable bonds is 2. The van der Waals surface area contributed by atoms with Crippen molar-refractivity contribution in [3.63, 3.8) is 0 Å². The van der Waals surface area contributed by atoms with Crippen molar-refractivity contribution in [2.24, 2.45) is 5.92 Å². The van der Waals surface area contributed by atoms with E-state index < -0.39 is 19.8 Å². The van der Waals surface area contributed by atoms with E-state index in [1.165, 1.54) is 0 Å². The molecule has 0 aliphatic carbocycles. The van der Waals surface area contributed by atoms with Gasteiger partial charge in [0.15, 0.2) is 0 Å². The third-order valence-corrected chi connectivity index (χ3v) is 5.86. The van der Waals surface area contributed by atoms with Crippen molar-refractivity contribution in [3.8, 4) is 0 Å². The van der Waals surface area contributed by atoms with Gasteiger partial charge in [-0.25, -0.2) is 12.8 Å². The number of carbonyl (C=O) groups is 1. The molecule has 0 radical (unpaired) electrons. The van der Waals surface area contributed by atoms with Gasteiger partial charge >= 0.3 is 0 Å². The second kappa shape index (κ2) is 6.22. The molecule has 1 aliphatic rings. The molecule has 4 nitrogen and oxygen atoms in total. The highest BCUT2D eigenvalue weighted by Crippen LogP contribution is 2.30. The van der Waals surface area contributed by atoms with Gasteiger partial charge in [-0.1, -0.05) is 6.92 Å². The van der Waals surface area contributed by atoms with Crippen LogP contribution >= 0.6 is 26.6 Å². The Morgan fingerprint density at radius 2 is 2.14 bits per heavy atom. The Morgan fingerprint density at radius 3 is 2.71 bits per heavy atom. The standard InChI is InChI=1S/C13H14BrClFNO3S/c1-8-3-2-4-17(7-8)13(18)9-5-10(16)12(14)11(6-9)21(15,19)20/h5-6,8H,2-4,7H2,1H3.